The molecule has 10 aromatic rings. The number of thiophene rings is 1. The second-order valence-electron chi connectivity index (χ2n) is 13.4. The minimum atomic E-state index is 0.572. The first-order valence-electron chi connectivity index (χ1n) is 18.4. The molecule has 0 amide bonds. The molecular weight excluding hydrogens is 719 g/mol. The second kappa shape index (κ2) is 14.5. The molecular formula is C49H29N7S. The summed E-state index contributed by atoms with van der Waals surface area (Å²) in [4.78, 5) is 33.7. The van der Waals surface area contributed by atoms with E-state index in [0.717, 1.165) is 64.7 Å². The molecule has 10 rings (SSSR count). The maximum atomic E-state index is 7.63. The zero-order chi connectivity index (χ0) is 38.1. The molecule has 0 bridgehead atoms. The Morgan fingerprint density at radius 2 is 0.789 bits per heavy atom. The van der Waals surface area contributed by atoms with Crippen LogP contribution in [0.2, 0.25) is 0 Å². The summed E-state index contributed by atoms with van der Waals surface area (Å²) in [6, 6.07) is 58.5. The van der Waals surface area contributed by atoms with Gasteiger partial charge in [0, 0.05) is 53.6 Å². The predicted molar refractivity (Wildman–Crippen MR) is 230 cm³/mol. The van der Waals surface area contributed by atoms with Gasteiger partial charge < -0.3 is 0 Å². The molecule has 0 aliphatic carbocycles. The van der Waals surface area contributed by atoms with E-state index in [4.69, 9.17) is 36.5 Å². The Hall–Kier alpha value is -7.73. The average Bonchev–Trinajstić information content (AvgIpc) is 3.68. The lowest BCUT2D eigenvalue weighted by Crippen LogP contribution is -2.00. The van der Waals surface area contributed by atoms with Crippen molar-refractivity contribution in [3.8, 4) is 79.5 Å². The van der Waals surface area contributed by atoms with E-state index in [9.17, 15) is 0 Å². The van der Waals surface area contributed by atoms with E-state index < -0.39 is 0 Å². The van der Waals surface area contributed by atoms with Crippen LogP contribution in [0.1, 0.15) is 0 Å². The monoisotopic (exact) mass is 747 g/mol. The number of fused-ring (bicyclic) bond motifs is 3. The summed E-state index contributed by atoms with van der Waals surface area (Å²) in [5, 5.41) is 2.25. The molecule has 57 heavy (non-hydrogen) atoms. The van der Waals surface area contributed by atoms with E-state index in [1.807, 2.05) is 140 Å². The minimum Gasteiger partial charge on any atom is -0.238 e. The lowest BCUT2D eigenvalue weighted by atomic mass is 10.0. The molecule has 266 valence electrons. The van der Waals surface area contributed by atoms with Crippen molar-refractivity contribution in [2.45, 2.75) is 0 Å². The number of para-hydroxylation sites is 1. The Morgan fingerprint density at radius 1 is 0.351 bits per heavy atom. The second-order valence-corrected chi connectivity index (χ2v) is 14.5. The maximum Gasteiger partial charge on any atom is 0.194 e. The van der Waals surface area contributed by atoms with Crippen molar-refractivity contribution in [2.75, 3.05) is 0 Å². The third kappa shape index (κ3) is 6.48. The number of rotatable bonds is 7. The highest BCUT2D eigenvalue weighted by Crippen LogP contribution is 2.41. The Balaban J connectivity index is 1.09. The molecule has 0 saturated carbocycles. The van der Waals surface area contributed by atoms with Crippen LogP contribution in [0.25, 0.3) is 104 Å². The van der Waals surface area contributed by atoms with E-state index >= 15 is 0 Å². The highest BCUT2D eigenvalue weighted by molar-refractivity contribution is 7.26. The fourth-order valence-electron chi connectivity index (χ4n) is 7.01. The Labute approximate surface area is 332 Å². The molecule has 0 atom stereocenters. The number of hydrogen-bond donors (Lipinski definition) is 0. The van der Waals surface area contributed by atoms with Crippen LogP contribution in [0.3, 0.4) is 0 Å². The van der Waals surface area contributed by atoms with Crippen molar-refractivity contribution < 1.29 is 0 Å². The Morgan fingerprint density at radius 3 is 1.35 bits per heavy atom. The third-order valence-corrected chi connectivity index (χ3v) is 11.0. The summed E-state index contributed by atoms with van der Waals surface area (Å²) in [5.41, 5.74) is 7.92. The highest BCUT2D eigenvalue weighted by atomic mass is 32.1. The zero-order valence-corrected chi connectivity index (χ0v) is 31.1. The fourth-order valence-corrected chi connectivity index (χ4v) is 8.26. The van der Waals surface area contributed by atoms with Gasteiger partial charge in [-0.3, -0.25) is 0 Å². The average molecular weight is 748 g/mol. The molecule has 0 radical (unpaired) electrons. The summed E-state index contributed by atoms with van der Waals surface area (Å²) in [5.74, 6) is 3.62. The molecule has 3 heterocycles. The standard InChI is InChI=1S/C49H29N7S/c1-50-41-23-12-11-20-37(41)31-24-26-35(27-25-31)47-52-46(34-18-9-4-10-19-34)55-49(56-47)40-22-13-21-39-38-29-28-36(30-42(38)57-43(39)40)48-53-44(32-14-5-2-6-15-32)51-45(54-48)33-16-7-3-8-17-33/h2-30H. The molecule has 0 aliphatic heterocycles. The topological polar surface area (TPSA) is 81.7 Å². The highest BCUT2D eigenvalue weighted by Gasteiger charge is 2.18. The number of hydrogen-bond acceptors (Lipinski definition) is 7. The number of aromatic nitrogens is 6. The molecule has 7 nitrogen and oxygen atoms in total. The van der Waals surface area contributed by atoms with E-state index in [1.165, 1.54) is 0 Å². The molecule has 0 saturated heterocycles. The van der Waals surface area contributed by atoms with Crippen molar-refractivity contribution in [3.63, 3.8) is 0 Å². The van der Waals surface area contributed by atoms with Gasteiger partial charge in [-0.2, -0.15) is 0 Å². The van der Waals surface area contributed by atoms with Crippen molar-refractivity contribution in [3.05, 3.63) is 187 Å². The van der Waals surface area contributed by atoms with Gasteiger partial charge in [0.05, 0.1) is 6.57 Å². The van der Waals surface area contributed by atoms with Crippen molar-refractivity contribution in [1.82, 2.24) is 29.9 Å². The van der Waals surface area contributed by atoms with Crippen LogP contribution < -0.4 is 0 Å². The third-order valence-electron chi connectivity index (χ3n) is 9.84. The van der Waals surface area contributed by atoms with Gasteiger partial charge in [-0.1, -0.05) is 164 Å². The molecule has 0 spiro atoms. The molecule has 0 N–H and O–H groups in total. The number of benzene rings is 7. The molecule has 0 unspecified atom stereocenters. The van der Waals surface area contributed by atoms with Crippen LogP contribution in [-0.2, 0) is 0 Å². The van der Waals surface area contributed by atoms with Gasteiger partial charge in [0.25, 0.3) is 0 Å². The first-order chi connectivity index (χ1) is 28.2. The molecule has 0 fully saturated rings. The van der Waals surface area contributed by atoms with Crippen LogP contribution in [0.5, 0.6) is 0 Å². The summed E-state index contributed by atoms with van der Waals surface area (Å²) >= 11 is 1.70. The first-order valence-corrected chi connectivity index (χ1v) is 19.2. The fraction of sp³-hybridized carbons (Fsp3) is 0. The zero-order valence-electron chi connectivity index (χ0n) is 30.3. The molecule has 7 aromatic carbocycles. The molecule has 3 aromatic heterocycles. The van der Waals surface area contributed by atoms with Crippen LogP contribution in [0.4, 0.5) is 5.69 Å². The van der Waals surface area contributed by atoms with Crippen LogP contribution in [-0.4, -0.2) is 29.9 Å². The van der Waals surface area contributed by atoms with Gasteiger partial charge in [0.15, 0.2) is 40.6 Å². The largest absolute Gasteiger partial charge is 0.238 e. The van der Waals surface area contributed by atoms with Crippen molar-refractivity contribution in [2.24, 2.45) is 0 Å². The summed E-state index contributed by atoms with van der Waals surface area (Å²) in [6.07, 6.45) is 0. The smallest absolute Gasteiger partial charge is 0.194 e. The van der Waals surface area contributed by atoms with Gasteiger partial charge >= 0.3 is 0 Å². The lowest BCUT2D eigenvalue weighted by Gasteiger charge is -2.10. The predicted octanol–water partition coefficient (Wildman–Crippen LogP) is 12.6. The van der Waals surface area contributed by atoms with Crippen LogP contribution >= 0.6 is 11.3 Å². The van der Waals surface area contributed by atoms with Gasteiger partial charge in [-0.25, -0.2) is 34.7 Å². The van der Waals surface area contributed by atoms with E-state index in [1.54, 1.807) is 11.3 Å². The number of nitrogens with zero attached hydrogens (tertiary/aromatic N) is 7. The lowest BCUT2D eigenvalue weighted by molar-refractivity contribution is 1.07. The van der Waals surface area contributed by atoms with E-state index in [0.29, 0.717) is 40.6 Å². The SMILES string of the molecule is [C-]#[N+]c1ccccc1-c1ccc(-c2nc(-c3ccccc3)nc(-c3cccc4c3sc3cc(-c5nc(-c6ccccc6)nc(-c6ccccc6)n5)ccc34)n2)cc1. The van der Waals surface area contributed by atoms with Crippen molar-refractivity contribution in [1.29, 1.82) is 0 Å². The molecule has 0 aliphatic rings. The van der Waals surface area contributed by atoms with Crippen LogP contribution in [0.15, 0.2) is 176 Å². The summed E-state index contributed by atoms with van der Waals surface area (Å²) in [6.45, 7) is 7.63. The first kappa shape index (κ1) is 33.8. The normalized spacial score (nSPS) is 11.1. The van der Waals surface area contributed by atoms with Gasteiger partial charge in [0.1, 0.15) is 0 Å². The maximum absolute atomic E-state index is 7.63. The Bertz CT molecular complexity index is 3060. The van der Waals surface area contributed by atoms with Gasteiger partial charge in [0.2, 0.25) is 0 Å². The van der Waals surface area contributed by atoms with E-state index in [2.05, 4.69) is 41.2 Å². The summed E-state index contributed by atoms with van der Waals surface area (Å²) in [7, 11) is 0. The van der Waals surface area contributed by atoms with Crippen LogP contribution in [0, 0.1) is 6.57 Å². The van der Waals surface area contributed by atoms with Gasteiger partial charge in [-0.15, -0.1) is 11.3 Å². The Kier molecular flexibility index (Phi) is 8.60. The van der Waals surface area contributed by atoms with Gasteiger partial charge in [-0.05, 0) is 23.3 Å². The quantitative estimate of drug-likeness (QED) is 0.151. The molecule has 8 heteroatoms. The van der Waals surface area contributed by atoms with Crippen molar-refractivity contribution >= 4 is 37.2 Å². The summed E-state index contributed by atoms with van der Waals surface area (Å²) < 4.78 is 2.18. The minimum absolute atomic E-state index is 0.572. The van der Waals surface area contributed by atoms with E-state index in [-0.39, 0.29) is 0 Å².